The summed E-state index contributed by atoms with van der Waals surface area (Å²) >= 11 is 0. The van der Waals surface area contributed by atoms with Gasteiger partial charge in [-0.25, -0.2) is 8.42 Å². The Hall–Kier alpha value is -1.69. The highest BCUT2D eigenvalue weighted by Crippen LogP contribution is 2.21. The lowest BCUT2D eigenvalue weighted by Gasteiger charge is -2.15. The zero-order valence-electron chi connectivity index (χ0n) is 13.1. The van der Waals surface area contributed by atoms with Crippen molar-refractivity contribution in [3.05, 3.63) is 65.7 Å². The molecule has 0 atom stereocenters. The van der Waals surface area contributed by atoms with Gasteiger partial charge < -0.3 is 5.32 Å². The maximum Gasteiger partial charge on any atom is 0.243 e. The minimum atomic E-state index is -3.31. The Labute approximate surface area is 138 Å². The maximum atomic E-state index is 12.5. The van der Waals surface area contributed by atoms with Crippen LogP contribution in [0.2, 0.25) is 0 Å². The normalized spacial score (nSPS) is 15.8. The summed E-state index contributed by atoms with van der Waals surface area (Å²) in [7, 11) is -3.31. The molecule has 4 nitrogen and oxygen atoms in total. The third kappa shape index (κ3) is 3.99. The van der Waals surface area contributed by atoms with E-state index in [1.807, 2.05) is 30.3 Å². The Kier molecular flexibility index (Phi) is 5.10. The number of benzene rings is 2. The van der Waals surface area contributed by atoms with E-state index < -0.39 is 10.0 Å². The molecule has 1 aliphatic heterocycles. The number of sulfonamides is 1. The fourth-order valence-corrected chi connectivity index (χ4v) is 4.32. The van der Waals surface area contributed by atoms with E-state index in [1.165, 1.54) is 5.56 Å². The largest absolute Gasteiger partial charge is 0.309 e. The van der Waals surface area contributed by atoms with Crippen molar-refractivity contribution in [1.29, 1.82) is 0 Å². The lowest BCUT2D eigenvalue weighted by atomic mass is 10.2. The van der Waals surface area contributed by atoms with Gasteiger partial charge in [0.1, 0.15) is 0 Å². The van der Waals surface area contributed by atoms with E-state index in [9.17, 15) is 8.42 Å². The van der Waals surface area contributed by atoms with E-state index in [2.05, 4.69) is 17.4 Å². The fraction of sp³-hybridized carbons (Fsp3) is 0.333. The molecule has 0 bridgehead atoms. The minimum absolute atomic E-state index is 0.395. The Balaban J connectivity index is 1.59. The molecule has 0 spiro atoms. The van der Waals surface area contributed by atoms with E-state index in [0.29, 0.717) is 18.0 Å². The topological polar surface area (TPSA) is 49.4 Å². The molecule has 2 aromatic rings. The summed E-state index contributed by atoms with van der Waals surface area (Å²) in [6.07, 6.45) is 1.92. The van der Waals surface area contributed by atoms with Crippen LogP contribution in [0.5, 0.6) is 0 Å². The zero-order chi connectivity index (χ0) is 16.1. The molecule has 1 aliphatic rings. The van der Waals surface area contributed by atoms with Gasteiger partial charge in [-0.05, 0) is 36.1 Å². The first-order valence-electron chi connectivity index (χ1n) is 8.00. The summed E-state index contributed by atoms with van der Waals surface area (Å²) in [5, 5.41) is 3.37. The fourth-order valence-electron chi connectivity index (χ4n) is 2.80. The van der Waals surface area contributed by atoms with Gasteiger partial charge >= 0.3 is 0 Å². The van der Waals surface area contributed by atoms with Crippen molar-refractivity contribution < 1.29 is 8.42 Å². The van der Waals surface area contributed by atoms with Crippen LogP contribution in [0.15, 0.2) is 59.5 Å². The van der Waals surface area contributed by atoms with Gasteiger partial charge in [0.05, 0.1) is 4.90 Å². The van der Waals surface area contributed by atoms with Crippen LogP contribution in [0.4, 0.5) is 0 Å². The van der Waals surface area contributed by atoms with Crippen molar-refractivity contribution in [3.63, 3.8) is 0 Å². The molecule has 0 aliphatic carbocycles. The minimum Gasteiger partial charge on any atom is -0.309 e. The van der Waals surface area contributed by atoms with E-state index in [0.717, 1.165) is 31.5 Å². The molecule has 0 amide bonds. The quantitative estimate of drug-likeness (QED) is 0.886. The lowest BCUT2D eigenvalue weighted by molar-refractivity contribution is 0.477. The predicted octanol–water partition coefficient (Wildman–Crippen LogP) is 2.76. The third-order valence-electron chi connectivity index (χ3n) is 4.13. The second-order valence-corrected chi connectivity index (χ2v) is 7.78. The van der Waals surface area contributed by atoms with Gasteiger partial charge in [-0.15, -0.1) is 0 Å². The first kappa shape index (κ1) is 16.2. The summed E-state index contributed by atoms with van der Waals surface area (Å²) < 4.78 is 26.5. The monoisotopic (exact) mass is 330 g/mol. The van der Waals surface area contributed by atoms with E-state index in [1.54, 1.807) is 16.4 Å². The summed E-state index contributed by atoms with van der Waals surface area (Å²) in [5.74, 6) is 0. The van der Waals surface area contributed by atoms with Crippen LogP contribution >= 0.6 is 0 Å². The molecule has 2 aromatic carbocycles. The van der Waals surface area contributed by atoms with Gasteiger partial charge in [0.15, 0.2) is 0 Å². The summed E-state index contributed by atoms with van der Waals surface area (Å²) in [6, 6.07) is 17.4. The van der Waals surface area contributed by atoms with Crippen LogP contribution in [-0.4, -0.2) is 25.8 Å². The van der Waals surface area contributed by atoms with Crippen LogP contribution in [0, 0.1) is 0 Å². The molecule has 0 saturated carbocycles. The highest BCUT2D eigenvalue weighted by molar-refractivity contribution is 7.89. The van der Waals surface area contributed by atoms with Crippen LogP contribution in [0.25, 0.3) is 0 Å². The van der Waals surface area contributed by atoms with Crippen molar-refractivity contribution in [1.82, 2.24) is 9.62 Å². The van der Waals surface area contributed by atoms with Gasteiger partial charge in [-0.1, -0.05) is 42.5 Å². The van der Waals surface area contributed by atoms with Gasteiger partial charge in [0.2, 0.25) is 10.0 Å². The number of hydrogen-bond acceptors (Lipinski definition) is 3. The molecule has 23 heavy (non-hydrogen) atoms. The molecular weight excluding hydrogens is 308 g/mol. The summed E-state index contributed by atoms with van der Waals surface area (Å²) in [4.78, 5) is 0.395. The van der Waals surface area contributed by atoms with E-state index in [4.69, 9.17) is 0 Å². The van der Waals surface area contributed by atoms with Crippen LogP contribution < -0.4 is 5.32 Å². The average Bonchev–Trinajstić information content (AvgIpc) is 3.12. The highest BCUT2D eigenvalue weighted by atomic mass is 32.2. The van der Waals surface area contributed by atoms with Crippen LogP contribution in [0.3, 0.4) is 0 Å². The van der Waals surface area contributed by atoms with Crippen molar-refractivity contribution in [2.45, 2.75) is 30.8 Å². The van der Waals surface area contributed by atoms with Crippen LogP contribution in [-0.2, 0) is 23.1 Å². The molecule has 122 valence electrons. The number of nitrogens with zero attached hydrogens (tertiary/aromatic N) is 1. The standard InChI is InChI=1S/C18H22N2O2S/c21-23(22,20-12-4-5-13-20)18-10-8-17(9-11-18)15-19-14-16-6-2-1-3-7-16/h1-3,6-11,19H,4-5,12-15H2. The number of nitrogens with one attached hydrogen (secondary N) is 1. The Morgan fingerprint density at radius 3 is 2.00 bits per heavy atom. The van der Waals surface area contributed by atoms with Gasteiger partial charge in [-0.2, -0.15) is 4.31 Å². The number of rotatable bonds is 6. The molecule has 0 aromatic heterocycles. The Morgan fingerprint density at radius 1 is 0.826 bits per heavy atom. The smallest absolute Gasteiger partial charge is 0.243 e. The molecule has 1 N–H and O–H groups in total. The number of hydrogen-bond donors (Lipinski definition) is 1. The zero-order valence-corrected chi connectivity index (χ0v) is 13.9. The van der Waals surface area contributed by atoms with Gasteiger partial charge in [0.25, 0.3) is 0 Å². The second kappa shape index (κ2) is 7.25. The second-order valence-electron chi connectivity index (χ2n) is 5.84. The van der Waals surface area contributed by atoms with Crippen molar-refractivity contribution in [2.24, 2.45) is 0 Å². The van der Waals surface area contributed by atoms with Crippen molar-refractivity contribution in [2.75, 3.05) is 13.1 Å². The van der Waals surface area contributed by atoms with Crippen LogP contribution in [0.1, 0.15) is 24.0 Å². The molecule has 0 unspecified atom stereocenters. The molecule has 1 heterocycles. The highest BCUT2D eigenvalue weighted by Gasteiger charge is 2.26. The molecule has 5 heteroatoms. The van der Waals surface area contributed by atoms with Gasteiger partial charge in [0, 0.05) is 26.2 Å². The third-order valence-corrected chi connectivity index (χ3v) is 6.04. The Bertz CT molecular complexity index is 721. The van der Waals surface area contributed by atoms with E-state index >= 15 is 0 Å². The molecule has 3 rings (SSSR count). The van der Waals surface area contributed by atoms with E-state index in [-0.39, 0.29) is 0 Å². The molecular formula is C18H22N2O2S. The van der Waals surface area contributed by atoms with Crippen molar-refractivity contribution in [3.8, 4) is 0 Å². The SMILES string of the molecule is O=S(=O)(c1ccc(CNCc2ccccc2)cc1)N1CCCC1. The predicted molar refractivity (Wildman–Crippen MR) is 91.4 cm³/mol. The molecule has 0 radical (unpaired) electrons. The first-order chi connectivity index (χ1) is 11.2. The molecule has 1 fully saturated rings. The molecule has 1 saturated heterocycles. The average molecular weight is 330 g/mol. The first-order valence-corrected chi connectivity index (χ1v) is 9.44. The summed E-state index contributed by atoms with van der Waals surface area (Å²) in [6.45, 7) is 2.80. The van der Waals surface area contributed by atoms with Gasteiger partial charge in [-0.3, -0.25) is 0 Å². The summed E-state index contributed by atoms with van der Waals surface area (Å²) in [5.41, 5.74) is 2.32. The van der Waals surface area contributed by atoms with Crippen molar-refractivity contribution >= 4 is 10.0 Å². The lowest BCUT2D eigenvalue weighted by Crippen LogP contribution is -2.27. The Morgan fingerprint density at radius 2 is 1.39 bits per heavy atom. The maximum absolute atomic E-state index is 12.5.